The van der Waals surface area contributed by atoms with Crippen molar-refractivity contribution >= 4 is 17.2 Å². The van der Waals surface area contributed by atoms with Gasteiger partial charge in [0.25, 0.3) is 0 Å². The third-order valence-electron chi connectivity index (χ3n) is 4.48. The lowest BCUT2D eigenvalue weighted by molar-refractivity contribution is 0.197. The van der Waals surface area contributed by atoms with E-state index in [2.05, 4.69) is 23.1 Å². The number of fused-ring (bicyclic) bond motifs is 1. The Labute approximate surface area is 121 Å². The second-order valence-corrected chi connectivity index (χ2v) is 6.40. The molecular formula is C16H22N2S. The molecule has 1 fully saturated rings. The molecule has 1 heterocycles. The van der Waals surface area contributed by atoms with Crippen molar-refractivity contribution in [2.75, 3.05) is 13.1 Å². The molecule has 0 spiro atoms. The number of nitrogens with two attached hydrogens (primary N) is 1. The molecule has 1 unspecified atom stereocenters. The van der Waals surface area contributed by atoms with Crippen molar-refractivity contribution in [3.05, 3.63) is 34.9 Å². The Balaban J connectivity index is 1.66. The van der Waals surface area contributed by atoms with Crippen molar-refractivity contribution in [2.24, 2.45) is 11.7 Å². The molecule has 0 radical (unpaired) electrons. The molecule has 2 aliphatic rings. The van der Waals surface area contributed by atoms with Gasteiger partial charge in [0.1, 0.15) is 0 Å². The first-order chi connectivity index (χ1) is 9.22. The predicted molar refractivity (Wildman–Crippen MR) is 83.3 cm³/mol. The number of likely N-dealkylation sites (tertiary alicyclic amines) is 1. The number of piperidine rings is 1. The number of hydrogen-bond acceptors (Lipinski definition) is 2. The maximum atomic E-state index is 5.80. The van der Waals surface area contributed by atoms with Crippen LogP contribution in [0.3, 0.4) is 0 Å². The molecule has 19 heavy (non-hydrogen) atoms. The molecule has 0 saturated carbocycles. The Morgan fingerprint density at radius 1 is 1.26 bits per heavy atom. The topological polar surface area (TPSA) is 29.3 Å². The largest absolute Gasteiger partial charge is 0.393 e. The Morgan fingerprint density at radius 2 is 2.11 bits per heavy atom. The van der Waals surface area contributed by atoms with E-state index >= 15 is 0 Å². The highest BCUT2D eigenvalue weighted by atomic mass is 32.1. The fraction of sp³-hybridized carbons (Fsp3) is 0.562. The maximum Gasteiger partial charge on any atom is 0.0771 e. The predicted octanol–water partition coefficient (Wildman–Crippen LogP) is 2.67. The van der Waals surface area contributed by atoms with E-state index in [1.54, 1.807) is 11.1 Å². The van der Waals surface area contributed by atoms with E-state index in [1.165, 1.54) is 37.8 Å². The molecule has 1 atom stereocenters. The number of thiocarbonyl (C=S) groups is 1. The maximum absolute atomic E-state index is 5.80. The molecule has 2 nitrogen and oxygen atoms in total. The van der Waals surface area contributed by atoms with Gasteiger partial charge in [-0.2, -0.15) is 0 Å². The van der Waals surface area contributed by atoms with Gasteiger partial charge in [-0.1, -0.05) is 30.4 Å². The summed E-state index contributed by atoms with van der Waals surface area (Å²) in [5.74, 6) is 0.415. The van der Waals surface area contributed by atoms with Gasteiger partial charge in [0.15, 0.2) is 0 Å². The molecule has 1 aromatic rings. The van der Waals surface area contributed by atoms with Crippen molar-refractivity contribution < 1.29 is 0 Å². The normalized spacial score (nSPS) is 23.3. The number of rotatable bonds is 3. The first-order valence-corrected chi connectivity index (χ1v) is 7.75. The van der Waals surface area contributed by atoms with E-state index in [1.807, 2.05) is 0 Å². The van der Waals surface area contributed by atoms with Gasteiger partial charge >= 0.3 is 0 Å². The number of aryl methyl sites for hydroxylation is 2. The Kier molecular flexibility index (Phi) is 3.85. The third-order valence-corrected chi connectivity index (χ3v) is 4.81. The Bertz CT molecular complexity index is 484. The first kappa shape index (κ1) is 13.1. The van der Waals surface area contributed by atoms with Gasteiger partial charge in [0.05, 0.1) is 4.99 Å². The van der Waals surface area contributed by atoms with E-state index in [0.29, 0.717) is 10.9 Å². The molecule has 3 rings (SSSR count). The summed E-state index contributed by atoms with van der Waals surface area (Å²) in [5.41, 5.74) is 10.4. The average Bonchev–Trinajstić information content (AvgIpc) is 2.86. The second kappa shape index (κ2) is 5.59. The van der Waals surface area contributed by atoms with Gasteiger partial charge in [-0.25, -0.2) is 0 Å². The molecular weight excluding hydrogens is 252 g/mol. The fourth-order valence-corrected chi connectivity index (χ4v) is 3.61. The van der Waals surface area contributed by atoms with Gasteiger partial charge in [0, 0.05) is 19.0 Å². The highest BCUT2D eigenvalue weighted by Crippen LogP contribution is 2.24. The summed E-state index contributed by atoms with van der Waals surface area (Å²) in [7, 11) is 0. The minimum absolute atomic E-state index is 0.415. The highest BCUT2D eigenvalue weighted by molar-refractivity contribution is 7.80. The van der Waals surface area contributed by atoms with Crippen LogP contribution in [0.25, 0.3) is 0 Å². The van der Waals surface area contributed by atoms with Crippen LogP contribution in [0.5, 0.6) is 0 Å². The summed E-state index contributed by atoms with van der Waals surface area (Å²) in [6.45, 7) is 3.26. The van der Waals surface area contributed by atoms with Crippen LogP contribution in [0.1, 0.15) is 36.0 Å². The van der Waals surface area contributed by atoms with Gasteiger partial charge in [0.2, 0.25) is 0 Å². The monoisotopic (exact) mass is 274 g/mol. The van der Waals surface area contributed by atoms with Crippen LogP contribution in [0, 0.1) is 5.92 Å². The molecule has 2 N–H and O–H groups in total. The smallest absolute Gasteiger partial charge is 0.0771 e. The molecule has 3 heteroatoms. The third kappa shape index (κ3) is 2.98. The summed E-state index contributed by atoms with van der Waals surface area (Å²) in [4.78, 5) is 3.20. The van der Waals surface area contributed by atoms with Crippen molar-refractivity contribution in [3.63, 3.8) is 0 Å². The minimum atomic E-state index is 0.415. The molecule has 1 aliphatic carbocycles. The standard InChI is InChI=1S/C16H22N2S/c17-16(19)15-5-2-8-18(11-15)10-12-6-7-13-3-1-4-14(13)9-12/h6-7,9,15H,1-5,8,10-11H2,(H2,17,19). The zero-order chi connectivity index (χ0) is 13.2. The molecule has 0 aromatic heterocycles. The van der Waals surface area contributed by atoms with Crippen LogP contribution in [-0.2, 0) is 19.4 Å². The summed E-state index contributed by atoms with van der Waals surface area (Å²) < 4.78 is 0. The van der Waals surface area contributed by atoms with Crippen molar-refractivity contribution in [1.82, 2.24) is 4.90 Å². The molecule has 102 valence electrons. The molecule has 1 aliphatic heterocycles. The lowest BCUT2D eigenvalue weighted by Gasteiger charge is -2.32. The first-order valence-electron chi connectivity index (χ1n) is 7.35. The van der Waals surface area contributed by atoms with E-state index in [0.717, 1.165) is 19.5 Å². The summed E-state index contributed by atoms with van der Waals surface area (Å²) in [6, 6.07) is 7.04. The zero-order valence-corrected chi connectivity index (χ0v) is 12.2. The van der Waals surface area contributed by atoms with Crippen molar-refractivity contribution in [2.45, 2.75) is 38.6 Å². The van der Waals surface area contributed by atoms with Crippen molar-refractivity contribution in [3.8, 4) is 0 Å². The zero-order valence-electron chi connectivity index (χ0n) is 11.4. The van der Waals surface area contributed by atoms with Crippen LogP contribution < -0.4 is 5.73 Å². The minimum Gasteiger partial charge on any atom is -0.393 e. The molecule has 0 amide bonds. The number of hydrogen-bond donors (Lipinski definition) is 1. The van der Waals surface area contributed by atoms with Gasteiger partial charge in [-0.05, 0) is 55.3 Å². The summed E-state index contributed by atoms with van der Waals surface area (Å²) in [5, 5.41) is 0. The Hall–Kier alpha value is -0.930. The Morgan fingerprint density at radius 3 is 2.95 bits per heavy atom. The average molecular weight is 274 g/mol. The van der Waals surface area contributed by atoms with E-state index < -0.39 is 0 Å². The van der Waals surface area contributed by atoms with Crippen LogP contribution in [0.2, 0.25) is 0 Å². The summed E-state index contributed by atoms with van der Waals surface area (Å²) in [6.07, 6.45) is 6.23. The molecule has 1 aromatic carbocycles. The highest BCUT2D eigenvalue weighted by Gasteiger charge is 2.22. The van der Waals surface area contributed by atoms with Crippen LogP contribution in [-0.4, -0.2) is 23.0 Å². The van der Waals surface area contributed by atoms with Crippen LogP contribution in [0.15, 0.2) is 18.2 Å². The van der Waals surface area contributed by atoms with Gasteiger partial charge < -0.3 is 5.73 Å². The van der Waals surface area contributed by atoms with Gasteiger partial charge in [-0.3, -0.25) is 4.90 Å². The van der Waals surface area contributed by atoms with Gasteiger partial charge in [-0.15, -0.1) is 0 Å². The molecule has 1 saturated heterocycles. The molecule has 0 bridgehead atoms. The quantitative estimate of drug-likeness (QED) is 0.859. The van der Waals surface area contributed by atoms with Crippen LogP contribution >= 0.6 is 12.2 Å². The SMILES string of the molecule is NC(=S)C1CCCN(Cc2ccc3c(c2)CCC3)C1. The lowest BCUT2D eigenvalue weighted by Crippen LogP contribution is -2.40. The fourth-order valence-electron chi connectivity index (χ4n) is 3.41. The van der Waals surface area contributed by atoms with E-state index in [9.17, 15) is 0 Å². The second-order valence-electron chi connectivity index (χ2n) is 5.93. The van der Waals surface area contributed by atoms with Crippen LogP contribution in [0.4, 0.5) is 0 Å². The number of benzene rings is 1. The van der Waals surface area contributed by atoms with E-state index in [4.69, 9.17) is 18.0 Å². The summed E-state index contributed by atoms with van der Waals surface area (Å²) >= 11 is 5.15. The van der Waals surface area contributed by atoms with Crippen molar-refractivity contribution in [1.29, 1.82) is 0 Å². The lowest BCUT2D eigenvalue weighted by atomic mass is 9.97. The number of nitrogens with zero attached hydrogens (tertiary/aromatic N) is 1. The van der Waals surface area contributed by atoms with E-state index in [-0.39, 0.29) is 0 Å².